The molecule has 1 atom stereocenters. The van der Waals surface area contributed by atoms with Crippen molar-refractivity contribution in [1.82, 2.24) is 20.0 Å². The van der Waals surface area contributed by atoms with E-state index in [0.29, 0.717) is 19.4 Å². The minimum absolute atomic E-state index is 0.0407. The van der Waals surface area contributed by atoms with Crippen LogP contribution in [-0.2, 0) is 21.2 Å². The van der Waals surface area contributed by atoms with Crippen molar-refractivity contribution in [3.05, 3.63) is 40.7 Å². The van der Waals surface area contributed by atoms with Gasteiger partial charge in [-0.25, -0.2) is 18.4 Å². The van der Waals surface area contributed by atoms with Crippen molar-refractivity contribution < 1.29 is 18.0 Å². The molecule has 36 heavy (non-hydrogen) atoms. The number of primary amides is 1. The molecule has 2 amide bonds. The number of nitrogens with one attached hydrogen (secondary N) is 2. The second-order valence-electron chi connectivity index (χ2n) is 8.20. The highest BCUT2D eigenvalue weighted by Gasteiger charge is 2.26. The molecule has 1 unspecified atom stereocenters. The summed E-state index contributed by atoms with van der Waals surface area (Å²) in [4.78, 5) is 35.4. The number of hydrogen-bond donors (Lipinski definition) is 6. The fourth-order valence-corrected chi connectivity index (χ4v) is 4.54. The third-order valence-electron chi connectivity index (χ3n) is 5.01. The third kappa shape index (κ3) is 8.03. The van der Waals surface area contributed by atoms with Crippen LogP contribution in [-0.4, -0.2) is 48.7 Å². The van der Waals surface area contributed by atoms with Crippen LogP contribution in [0.25, 0.3) is 0 Å². The van der Waals surface area contributed by atoms with Gasteiger partial charge < -0.3 is 22.9 Å². The predicted octanol–water partition coefficient (Wildman–Crippen LogP) is 0.150. The van der Waals surface area contributed by atoms with Crippen molar-refractivity contribution in [2.24, 2.45) is 22.4 Å². The van der Waals surface area contributed by atoms with Gasteiger partial charge in [-0.2, -0.15) is 4.72 Å². The van der Waals surface area contributed by atoms with Crippen LogP contribution in [0, 0.1) is 5.92 Å². The molecule has 0 fully saturated rings. The van der Waals surface area contributed by atoms with Gasteiger partial charge in [-0.05, 0) is 42.9 Å². The summed E-state index contributed by atoms with van der Waals surface area (Å²) < 4.78 is 27.4. The lowest BCUT2D eigenvalue weighted by Gasteiger charge is -2.19. The number of aryl methyl sites for hydroxylation is 1. The number of hydrogen-bond acceptors (Lipinski definition) is 9. The van der Waals surface area contributed by atoms with Crippen LogP contribution >= 0.6 is 11.6 Å². The van der Waals surface area contributed by atoms with Gasteiger partial charge in [0.15, 0.2) is 28.4 Å². The standard InChI is InChI=1S/C21H30ClN9O4S/c1-11(2)14(19(25)32)31-36(34,35)13-8-6-12(7-9-13)5-3-4-10-27-21(26)30-20(33)15-17(23)29-18(24)16(22)28-15/h6-9,11,14,31H,3-5,10H2,1-2H3,(H2,25,32)(H4,23,24,29)(H3,26,27,30,33). The Bertz CT molecular complexity index is 1230. The van der Waals surface area contributed by atoms with E-state index in [9.17, 15) is 18.0 Å². The van der Waals surface area contributed by atoms with Crippen LogP contribution in [0.1, 0.15) is 42.7 Å². The molecular weight excluding hydrogens is 510 g/mol. The van der Waals surface area contributed by atoms with Gasteiger partial charge in [0.1, 0.15) is 6.04 Å². The van der Waals surface area contributed by atoms with Crippen LogP contribution < -0.4 is 33.0 Å². The molecule has 0 aliphatic rings. The highest BCUT2D eigenvalue weighted by molar-refractivity contribution is 7.89. The molecule has 0 spiro atoms. The number of nitrogens with zero attached hydrogens (tertiary/aromatic N) is 3. The van der Waals surface area contributed by atoms with Gasteiger partial charge in [0.05, 0.1) is 4.90 Å². The highest BCUT2D eigenvalue weighted by atomic mass is 35.5. The number of rotatable bonds is 11. The number of aromatic nitrogens is 2. The van der Waals surface area contributed by atoms with E-state index in [2.05, 4.69) is 25.0 Å². The summed E-state index contributed by atoms with van der Waals surface area (Å²) in [5, 5.41) is 2.20. The fourth-order valence-electron chi connectivity index (χ4n) is 3.06. The van der Waals surface area contributed by atoms with Gasteiger partial charge in [-0.1, -0.05) is 37.6 Å². The van der Waals surface area contributed by atoms with Crippen LogP contribution in [0.3, 0.4) is 0 Å². The van der Waals surface area contributed by atoms with E-state index in [0.717, 1.165) is 12.0 Å². The monoisotopic (exact) mass is 539 g/mol. The Morgan fingerprint density at radius 1 is 1.06 bits per heavy atom. The van der Waals surface area contributed by atoms with E-state index in [4.69, 9.17) is 34.5 Å². The molecule has 0 aliphatic heterocycles. The number of benzene rings is 1. The van der Waals surface area contributed by atoms with Crippen molar-refractivity contribution in [2.45, 2.75) is 44.0 Å². The molecule has 13 nitrogen and oxygen atoms in total. The number of carbonyl (C=O) groups is 2. The summed E-state index contributed by atoms with van der Waals surface area (Å²) in [6, 6.07) is 5.34. The van der Waals surface area contributed by atoms with Gasteiger partial charge in [0, 0.05) is 6.54 Å². The van der Waals surface area contributed by atoms with Gasteiger partial charge in [0.25, 0.3) is 5.91 Å². The highest BCUT2D eigenvalue weighted by Crippen LogP contribution is 2.17. The van der Waals surface area contributed by atoms with Crippen molar-refractivity contribution in [3.8, 4) is 0 Å². The number of halogens is 1. The SMILES string of the molecule is CC(C)C(NS(=O)(=O)c1ccc(CCCCN=C(N)NC(=O)c2nc(Cl)c(N)nc2N)cc1)C(N)=O. The van der Waals surface area contributed by atoms with Crippen LogP contribution in [0.4, 0.5) is 11.6 Å². The summed E-state index contributed by atoms with van der Waals surface area (Å²) in [5.41, 5.74) is 22.8. The molecule has 196 valence electrons. The fraction of sp³-hybridized carbons (Fsp3) is 0.381. The third-order valence-corrected chi connectivity index (χ3v) is 6.74. The molecule has 0 aliphatic carbocycles. The predicted molar refractivity (Wildman–Crippen MR) is 137 cm³/mol. The molecular formula is C21H30ClN9O4S. The van der Waals surface area contributed by atoms with Crippen molar-refractivity contribution in [2.75, 3.05) is 18.0 Å². The van der Waals surface area contributed by atoms with E-state index in [1.165, 1.54) is 12.1 Å². The summed E-state index contributed by atoms with van der Waals surface area (Å²) in [6.07, 6.45) is 2.06. The number of carbonyl (C=O) groups excluding carboxylic acids is 2. The van der Waals surface area contributed by atoms with Gasteiger partial charge in [-0.3, -0.25) is 19.9 Å². The Balaban J connectivity index is 1.84. The van der Waals surface area contributed by atoms with Gasteiger partial charge in [-0.15, -0.1) is 0 Å². The average Bonchev–Trinajstić information content (AvgIpc) is 2.79. The maximum atomic E-state index is 12.5. The minimum atomic E-state index is -3.89. The molecule has 0 bridgehead atoms. The lowest BCUT2D eigenvalue weighted by molar-refractivity contribution is -0.120. The van der Waals surface area contributed by atoms with E-state index in [-0.39, 0.29) is 39.3 Å². The summed E-state index contributed by atoms with van der Waals surface area (Å²) in [7, 11) is -3.89. The zero-order valence-electron chi connectivity index (χ0n) is 19.9. The molecule has 10 N–H and O–H groups in total. The Kier molecular flexibility index (Phi) is 9.95. The van der Waals surface area contributed by atoms with E-state index in [1.807, 2.05) is 0 Å². The topological polar surface area (TPSA) is 235 Å². The molecule has 0 saturated heterocycles. The molecule has 2 rings (SSSR count). The minimum Gasteiger partial charge on any atom is -0.382 e. The lowest BCUT2D eigenvalue weighted by atomic mass is 10.1. The number of nitrogen functional groups attached to an aromatic ring is 2. The number of guanidine groups is 1. The van der Waals surface area contributed by atoms with Crippen molar-refractivity contribution in [3.63, 3.8) is 0 Å². The van der Waals surface area contributed by atoms with Crippen LogP contribution in [0.15, 0.2) is 34.2 Å². The maximum Gasteiger partial charge on any atom is 0.280 e. The smallest absolute Gasteiger partial charge is 0.280 e. The van der Waals surface area contributed by atoms with Crippen molar-refractivity contribution in [1.29, 1.82) is 0 Å². The van der Waals surface area contributed by atoms with Crippen molar-refractivity contribution >= 4 is 51.0 Å². The molecule has 0 saturated carbocycles. The number of nitrogens with two attached hydrogens (primary N) is 4. The van der Waals surface area contributed by atoms with E-state index < -0.39 is 27.9 Å². The zero-order valence-corrected chi connectivity index (χ0v) is 21.4. The average molecular weight is 540 g/mol. The van der Waals surface area contributed by atoms with Crippen LogP contribution in [0.2, 0.25) is 5.15 Å². The first-order valence-electron chi connectivity index (χ1n) is 10.9. The quantitative estimate of drug-likeness (QED) is 0.129. The second kappa shape index (κ2) is 12.5. The molecule has 2 aromatic rings. The summed E-state index contributed by atoms with van der Waals surface area (Å²) >= 11 is 5.76. The number of amides is 2. The molecule has 1 aromatic heterocycles. The summed E-state index contributed by atoms with van der Waals surface area (Å²) in [6.45, 7) is 3.75. The van der Waals surface area contributed by atoms with Crippen LogP contribution in [0.5, 0.6) is 0 Å². The number of aliphatic imine (C=N–C) groups is 1. The Morgan fingerprint density at radius 3 is 2.28 bits per heavy atom. The first kappa shape index (κ1) is 28.7. The van der Waals surface area contributed by atoms with E-state index in [1.54, 1.807) is 26.0 Å². The zero-order chi connectivity index (χ0) is 27.0. The molecule has 1 heterocycles. The van der Waals surface area contributed by atoms with Gasteiger partial charge in [0.2, 0.25) is 15.9 Å². The lowest BCUT2D eigenvalue weighted by Crippen LogP contribution is -2.47. The van der Waals surface area contributed by atoms with E-state index >= 15 is 0 Å². The maximum absolute atomic E-state index is 12.5. The van der Waals surface area contributed by atoms with Gasteiger partial charge >= 0.3 is 0 Å². The summed E-state index contributed by atoms with van der Waals surface area (Å²) in [5.74, 6) is -2.15. The number of sulfonamides is 1. The first-order chi connectivity index (χ1) is 16.8. The second-order valence-corrected chi connectivity index (χ2v) is 10.3. The first-order valence-corrected chi connectivity index (χ1v) is 12.8. The molecule has 15 heteroatoms. The Hall–Kier alpha value is -3.49. The number of unbranched alkanes of at least 4 members (excludes halogenated alkanes) is 1. The largest absolute Gasteiger partial charge is 0.382 e. The molecule has 1 aromatic carbocycles. The normalized spacial score (nSPS) is 12.9. The Labute approximate surface area is 214 Å². The Morgan fingerprint density at radius 2 is 1.69 bits per heavy atom. The molecule has 0 radical (unpaired) electrons. The number of anilines is 2.